The normalized spacial score (nSPS) is 41.8. The highest BCUT2D eigenvalue weighted by Gasteiger charge is 2.56. The van der Waals surface area contributed by atoms with Crippen molar-refractivity contribution in [1.29, 1.82) is 0 Å². The Kier molecular flexibility index (Phi) is 4.06. The van der Waals surface area contributed by atoms with Crippen LogP contribution in [0.15, 0.2) is 23.3 Å². The highest BCUT2D eigenvalue weighted by atomic mass is 16.5. The van der Waals surface area contributed by atoms with Crippen molar-refractivity contribution in [2.75, 3.05) is 0 Å². The molecule has 2 heteroatoms. The van der Waals surface area contributed by atoms with Crippen LogP contribution in [0, 0.1) is 28.6 Å². The molecule has 1 fully saturated rings. The van der Waals surface area contributed by atoms with Crippen LogP contribution in [-0.2, 0) is 0 Å². The van der Waals surface area contributed by atoms with Gasteiger partial charge in [-0.1, -0.05) is 51.8 Å². The molecule has 0 heterocycles. The van der Waals surface area contributed by atoms with Gasteiger partial charge in [-0.3, -0.25) is 0 Å². The highest BCUT2D eigenvalue weighted by Crippen LogP contribution is 2.62. The van der Waals surface area contributed by atoms with Gasteiger partial charge < -0.3 is 10.2 Å². The zero-order chi connectivity index (χ0) is 16.1. The summed E-state index contributed by atoms with van der Waals surface area (Å²) in [5, 5.41) is 20.0. The lowest BCUT2D eigenvalue weighted by atomic mass is 9.46. The van der Waals surface area contributed by atoms with Crippen LogP contribution in [-0.4, -0.2) is 16.5 Å². The zero-order valence-electron chi connectivity index (χ0n) is 14.6. The lowest BCUT2D eigenvalue weighted by Crippen LogP contribution is -2.54. The predicted octanol–water partition coefficient (Wildman–Crippen LogP) is 4.43. The van der Waals surface area contributed by atoms with Gasteiger partial charge in [-0.2, -0.15) is 0 Å². The number of rotatable bonds is 2. The van der Waals surface area contributed by atoms with Gasteiger partial charge >= 0.3 is 0 Å². The van der Waals surface area contributed by atoms with E-state index in [2.05, 4.69) is 39.8 Å². The van der Waals surface area contributed by atoms with Crippen LogP contribution in [0.1, 0.15) is 66.2 Å². The minimum Gasteiger partial charge on any atom is -0.368 e. The molecule has 0 aliphatic heterocycles. The molecule has 0 saturated heterocycles. The quantitative estimate of drug-likeness (QED) is 0.741. The van der Waals surface area contributed by atoms with Gasteiger partial charge in [0.05, 0.1) is 0 Å². The molecule has 22 heavy (non-hydrogen) atoms. The van der Waals surface area contributed by atoms with E-state index in [1.54, 1.807) is 5.57 Å². The summed E-state index contributed by atoms with van der Waals surface area (Å²) >= 11 is 0. The average Bonchev–Trinajstić information content (AvgIpc) is 2.46. The van der Waals surface area contributed by atoms with Crippen LogP contribution in [0.25, 0.3) is 0 Å². The lowest BCUT2D eigenvalue weighted by Gasteiger charge is -2.58. The Morgan fingerprint density at radius 2 is 1.91 bits per heavy atom. The maximum atomic E-state index is 10.0. The van der Waals surface area contributed by atoms with E-state index in [0.29, 0.717) is 17.8 Å². The smallest absolute Gasteiger partial charge is 0.157 e. The zero-order valence-corrected chi connectivity index (χ0v) is 14.6. The van der Waals surface area contributed by atoms with Crippen LogP contribution in [0.2, 0.25) is 0 Å². The van der Waals surface area contributed by atoms with E-state index in [9.17, 15) is 10.2 Å². The minimum absolute atomic E-state index is 0.222. The Hall–Kier alpha value is -0.600. The molecule has 4 atom stereocenters. The van der Waals surface area contributed by atoms with Gasteiger partial charge in [0.2, 0.25) is 0 Å². The summed E-state index contributed by atoms with van der Waals surface area (Å²) in [5.74, 6) is 1.63. The first kappa shape index (κ1) is 16.3. The Labute approximate surface area is 135 Å². The molecular formula is C20H32O2. The third-order valence-electron chi connectivity index (χ3n) is 7.22. The molecule has 0 aromatic rings. The summed E-state index contributed by atoms with van der Waals surface area (Å²) in [4.78, 5) is 0. The van der Waals surface area contributed by atoms with Gasteiger partial charge in [-0.15, -0.1) is 0 Å². The first-order chi connectivity index (χ1) is 10.3. The second-order valence-electron chi connectivity index (χ2n) is 8.70. The van der Waals surface area contributed by atoms with Crippen LogP contribution < -0.4 is 0 Å². The van der Waals surface area contributed by atoms with E-state index in [-0.39, 0.29) is 10.8 Å². The van der Waals surface area contributed by atoms with E-state index >= 15 is 0 Å². The SMILES string of the molecule is CC(C)C1=CC2=CCC3C(C)(CCC[C@@]3(C)C(O)O)C2CC1. The van der Waals surface area contributed by atoms with Crippen molar-refractivity contribution < 1.29 is 10.2 Å². The molecule has 2 nitrogen and oxygen atoms in total. The molecule has 0 aromatic carbocycles. The molecule has 0 spiro atoms. The number of hydrogen-bond acceptors (Lipinski definition) is 2. The molecule has 0 radical (unpaired) electrons. The van der Waals surface area contributed by atoms with Gasteiger partial charge in [0.15, 0.2) is 6.29 Å². The number of aliphatic hydroxyl groups is 2. The van der Waals surface area contributed by atoms with Gasteiger partial charge in [0.25, 0.3) is 0 Å². The highest BCUT2D eigenvalue weighted by molar-refractivity contribution is 5.35. The summed E-state index contributed by atoms with van der Waals surface area (Å²) in [6.07, 6.45) is 10.4. The van der Waals surface area contributed by atoms with Gasteiger partial charge in [-0.25, -0.2) is 0 Å². The maximum absolute atomic E-state index is 10.0. The third kappa shape index (κ3) is 2.30. The fourth-order valence-corrected chi connectivity index (χ4v) is 5.70. The average molecular weight is 304 g/mol. The second-order valence-corrected chi connectivity index (χ2v) is 8.70. The van der Waals surface area contributed by atoms with Crippen molar-refractivity contribution in [2.24, 2.45) is 28.6 Å². The molecule has 0 amide bonds. The number of allylic oxidation sites excluding steroid dienone is 4. The van der Waals surface area contributed by atoms with Crippen LogP contribution >= 0.6 is 0 Å². The summed E-state index contributed by atoms with van der Waals surface area (Å²) in [5.41, 5.74) is 2.99. The van der Waals surface area contributed by atoms with Gasteiger partial charge in [-0.05, 0) is 60.8 Å². The van der Waals surface area contributed by atoms with E-state index in [1.807, 2.05) is 0 Å². The Bertz CT molecular complexity index is 502. The topological polar surface area (TPSA) is 40.5 Å². The predicted molar refractivity (Wildman–Crippen MR) is 90.1 cm³/mol. The minimum atomic E-state index is -1.20. The Morgan fingerprint density at radius 1 is 1.18 bits per heavy atom. The molecule has 0 aromatic heterocycles. The maximum Gasteiger partial charge on any atom is 0.157 e. The molecule has 3 aliphatic carbocycles. The summed E-state index contributed by atoms with van der Waals surface area (Å²) < 4.78 is 0. The monoisotopic (exact) mass is 304 g/mol. The van der Waals surface area contributed by atoms with Crippen molar-refractivity contribution >= 4 is 0 Å². The van der Waals surface area contributed by atoms with E-state index < -0.39 is 6.29 Å². The van der Waals surface area contributed by atoms with E-state index in [1.165, 1.54) is 24.8 Å². The molecule has 3 unspecified atom stereocenters. The van der Waals surface area contributed by atoms with Crippen molar-refractivity contribution in [1.82, 2.24) is 0 Å². The first-order valence-corrected chi connectivity index (χ1v) is 9.05. The second kappa shape index (κ2) is 5.49. The molecule has 3 rings (SSSR count). The van der Waals surface area contributed by atoms with Gasteiger partial charge in [0, 0.05) is 5.41 Å². The van der Waals surface area contributed by atoms with Crippen molar-refractivity contribution in [3.05, 3.63) is 23.3 Å². The number of aliphatic hydroxyl groups excluding tert-OH is 1. The summed E-state index contributed by atoms with van der Waals surface area (Å²) in [6, 6.07) is 0. The van der Waals surface area contributed by atoms with Crippen molar-refractivity contribution in [2.45, 2.75) is 72.5 Å². The van der Waals surface area contributed by atoms with Crippen molar-refractivity contribution in [3.63, 3.8) is 0 Å². The Balaban J connectivity index is 1.98. The van der Waals surface area contributed by atoms with Crippen LogP contribution in [0.3, 0.4) is 0 Å². The fourth-order valence-electron chi connectivity index (χ4n) is 5.70. The number of hydrogen-bond donors (Lipinski definition) is 2. The van der Waals surface area contributed by atoms with Crippen LogP contribution in [0.4, 0.5) is 0 Å². The molecule has 0 bridgehead atoms. The molecular weight excluding hydrogens is 272 g/mol. The largest absolute Gasteiger partial charge is 0.368 e. The summed E-state index contributed by atoms with van der Waals surface area (Å²) in [7, 11) is 0. The fraction of sp³-hybridized carbons (Fsp3) is 0.800. The standard InChI is InChI=1S/C20H32O2/c1-13(2)14-6-8-16-15(12-14)7-9-17-19(16,3)10-5-11-20(17,4)18(21)22/h7,12-13,16-18,21-22H,5-6,8-11H2,1-4H3/t16?,17?,19?,20-/m1/s1. The molecule has 1 saturated carbocycles. The van der Waals surface area contributed by atoms with Gasteiger partial charge in [0.1, 0.15) is 0 Å². The molecule has 3 aliphatic rings. The Morgan fingerprint density at radius 3 is 2.55 bits per heavy atom. The van der Waals surface area contributed by atoms with Crippen LogP contribution in [0.5, 0.6) is 0 Å². The van der Waals surface area contributed by atoms with E-state index in [4.69, 9.17) is 0 Å². The van der Waals surface area contributed by atoms with Crippen molar-refractivity contribution in [3.8, 4) is 0 Å². The van der Waals surface area contributed by atoms with E-state index in [0.717, 1.165) is 19.3 Å². The lowest BCUT2D eigenvalue weighted by molar-refractivity contribution is -0.196. The third-order valence-corrected chi connectivity index (χ3v) is 7.22. The molecule has 124 valence electrons. The number of fused-ring (bicyclic) bond motifs is 3. The first-order valence-electron chi connectivity index (χ1n) is 9.05. The summed E-state index contributed by atoms with van der Waals surface area (Å²) in [6.45, 7) is 9.10. The molecule has 2 N–H and O–H groups in total.